The topological polar surface area (TPSA) is 26.3 Å². The Bertz CT molecular complexity index is 574. The predicted octanol–water partition coefficient (Wildman–Crippen LogP) is 3.21. The number of benzene rings is 2. The molecule has 94 valence electrons. The summed E-state index contributed by atoms with van der Waals surface area (Å²) in [5.41, 5.74) is 2.02. The molecule has 0 aliphatic rings. The molecule has 2 heteroatoms. The van der Waals surface area contributed by atoms with Gasteiger partial charge in [0.05, 0.1) is 6.42 Å². The number of carbonyl (C=O) groups excluding carboxylic acids is 1. The van der Waals surface area contributed by atoms with Gasteiger partial charge in [0.25, 0.3) is 0 Å². The zero-order chi connectivity index (χ0) is 13.3. The zero-order valence-corrected chi connectivity index (χ0v) is 10.5. The van der Waals surface area contributed by atoms with E-state index in [1.165, 1.54) is 0 Å². The summed E-state index contributed by atoms with van der Waals surface area (Å²) < 4.78 is 5.67. The SMILES string of the molecule is O=CCC#Cc1ccc(OCc2ccccc2)cc1. The molecule has 0 aromatic heterocycles. The van der Waals surface area contributed by atoms with E-state index in [4.69, 9.17) is 4.74 Å². The molecule has 0 amide bonds. The molecule has 2 nitrogen and oxygen atoms in total. The molecule has 19 heavy (non-hydrogen) atoms. The fourth-order valence-corrected chi connectivity index (χ4v) is 1.57. The average Bonchev–Trinajstić information content (AvgIpc) is 2.48. The minimum Gasteiger partial charge on any atom is -0.489 e. The summed E-state index contributed by atoms with van der Waals surface area (Å²) in [7, 11) is 0. The van der Waals surface area contributed by atoms with E-state index in [1.807, 2.05) is 54.6 Å². The Morgan fingerprint density at radius 3 is 2.42 bits per heavy atom. The predicted molar refractivity (Wildman–Crippen MR) is 74.8 cm³/mol. The van der Waals surface area contributed by atoms with E-state index in [0.29, 0.717) is 6.61 Å². The van der Waals surface area contributed by atoms with Crippen molar-refractivity contribution >= 4 is 6.29 Å². The van der Waals surface area contributed by atoms with E-state index in [0.717, 1.165) is 23.2 Å². The summed E-state index contributed by atoms with van der Waals surface area (Å²) in [6.45, 7) is 0.553. The number of carbonyl (C=O) groups is 1. The van der Waals surface area contributed by atoms with Crippen molar-refractivity contribution in [3.63, 3.8) is 0 Å². The lowest BCUT2D eigenvalue weighted by atomic mass is 10.2. The van der Waals surface area contributed by atoms with Gasteiger partial charge in [0.1, 0.15) is 18.6 Å². The lowest BCUT2D eigenvalue weighted by Gasteiger charge is -2.05. The third-order valence-corrected chi connectivity index (χ3v) is 2.52. The van der Waals surface area contributed by atoms with Gasteiger partial charge in [0, 0.05) is 5.56 Å². The van der Waals surface area contributed by atoms with Crippen LogP contribution in [0.15, 0.2) is 54.6 Å². The second-order valence-electron chi connectivity index (χ2n) is 3.97. The summed E-state index contributed by atoms with van der Waals surface area (Å²) in [5.74, 6) is 6.49. The van der Waals surface area contributed by atoms with Gasteiger partial charge >= 0.3 is 0 Å². The van der Waals surface area contributed by atoms with Crippen LogP contribution in [0.25, 0.3) is 0 Å². The van der Waals surface area contributed by atoms with Gasteiger partial charge in [-0.1, -0.05) is 42.2 Å². The highest BCUT2D eigenvalue weighted by atomic mass is 16.5. The van der Waals surface area contributed by atoms with Gasteiger partial charge in [-0.25, -0.2) is 0 Å². The van der Waals surface area contributed by atoms with Gasteiger partial charge in [0.15, 0.2) is 0 Å². The van der Waals surface area contributed by atoms with Crippen molar-refractivity contribution in [2.24, 2.45) is 0 Å². The molecule has 0 radical (unpaired) electrons. The van der Waals surface area contributed by atoms with Crippen LogP contribution in [0, 0.1) is 11.8 Å². The van der Waals surface area contributed by atoms with Gasteiger partial charge < -0.3 is 9.53 Å². The van der Waals surface area contributed by atoms with E-state index in [9.17, 15) is 4.79 Å². The summed E-state index contributed by atoms with van der Waals surface area (Å²) in [6, 6.07) is 17.6. The molecule has 2 rings (SSSR count). The first kappa shape index (κ1) is 12.9. The number of aldehydes is 1. The fourth-order valence-electron chi connectivity index (χ4n) is 1.57. The Morgan fingerprint density at radius 1 is 1.00 bits per heavy atom. The fraction of sp³-hybridized carbons (Fsp3) is 0.118. The molecule has 0 saturated heterocycles. The standard InChI is InChI=1S/C17H14O2/c18-13-5-4-6-15-9-11-17(12-10-15)19-14-16-7-2-1-3-8-16/h1-3,7-13H,5,14H2. The Morgan fingerprint density at radius 2 is 1.74 bits per heavy atom. The van der Waals surface area contributed by atoms with Crippen LogP contribution >= 0.6 is 0 Å². The summed E-state index contributed by atoms with van der Waals surface area (Å²) in [4.78, 5) is 10.1. The molecule has 0 fully saturated rings. The van der Waals surface area contributed by atoms with Gasteiger partial charge in [-0.05, 0) is 29.8 Å². The van der Waals surface area contributed by atoms with Crippen LogP contribution in [0.2, 0.25) is 0 Å². The van der Waals surface area contributed by atoms with Crippen molar-refractivity contribution in [3.8, 4) is 17.6 Å². The van der Waals surface area contributed by atoms with Crippen molar-refractivity contribution in [1.82, 2.24) is 0 Å². The Hall–Kier alpha value is -2.53. The number of ether oxygens (including phenoxy) is 1. The molecule has 0 aliphatic carbocycles. The van der Waals surface area contributed by atoms with Crippen molar-refractivity contribution < 1.29 is 9.53 Å². The molecule has 0 unspecified atom stereocenters. The van der Waals surface area contributed by atoms with Gasteiger partial charge in [-0.2, -0.15) is 0 Å². The van der Waals surface area contributed by atoms with E-state index in [-0.39, 0.29) is 6.42 Å². The molecule has 2 aromatic carbocycles. The smallest absolute Gasteiger partial charge is 0.131 e. The maximum atomic E-state index is 10.1. The monoisotopic (exact) mass is 250 g/mol. The molecule has 0 bridgehead atoms. The van der Waals surface area contributed by atoms with Crippen LogP contribution in [0.1, 0.15) is 17.5 Å². The summed E-state index contributed by atoms with van der Waals surface area (Å²) >= 11 is 0. The molecule has 0 atom stereocenters. The van der Waals surface area contributed by atoms with Crippen LogP contribution in [0.4, 0.5) is 0 Å². The maximum absolute atomic E-state index is 10.1. The summed E-state index contributed by atoms with van der Waals surface area (Å²) in [5, 5.41) is 0. The molecule has 2 aromatic rings. The van der Waals surface area contributed by atoms with Crippen molar-refractivity contribution in [2.45, 2.75) is 13.0 Å². The van der Waals surface area contributed by atoms with Gasteiger partial charge in [-0.15, -0.1) is 0 Å². The molecular weight excluding hydrogens is 236 g/mol. The Kier molecular flexibility index (Phi) is 4.78. The first-order valence-electron chi connectivity index (χ1n) is 6.08. The third kappa shape index (κ3) is 4.33. The molecule has 0 aliphatic heterocycles. The van der Waals surface area contributed by atoms with Crippen LogP contribution in [0.3, 0.4) is 0 Å². The number of rotatable bonds is 4. The molecule has 0 heterocycles. The van der Waals surface area contributed by atoms with Crippen molar-refractivity contribution in [3.05, 3.63) is 65.7 Å². The third-order valence-electron chi connectivity index (χ3n) is 2.52. The van der Waals surface area contributed by atoms with Crippen LogP contribution < -0.4 is 4.74 Å². The number of hydrogen-bond donors (Lipinski definition) is 0. The quantitative estimate of drug-likeness (QED) is 0.615. The first-order chi connectivity index (χ1) is 9.38. The van der Waals surface area contributed by atoms with Crippen molar-refractivity contribution in [2.75, 3.05) is 0 Å². The molecule has 0 spiro atoms. The van der Waals surface area contributed by atoms with Crippen LogP contribution in [-0.4, -0.2) is 6.29 Å². The van der Waals surface area contributed by atoms with E-state index >= 15 is 0 Å². The zero-order valence-electron chi connectivity index (χ0n) is 10.5. The molecule has 0 N–H and O–H groups in total. The number of hydrogen-bond acceptors (Lipinski definition) is 2. The van der Waals surface area contributed by atoms with E-state index in [2.05, 4.69) is 11.8 Å². The van der Waals surface area contributed by atoms with E-state index < -0.39 is 0 Å². The highest BCUT2D eigenvalue weighted by molar-refractivity contribution is 5.55. The van der Waals surface area contributed by atoms with Crippen LogP contribution in [-0.2, 0) is 11.4 Å². The van der Waals surface area contributed by atoms with E-state index in [1.54, 1.807) is 0 Å². The average molecular weight is 250 g/mol. The largest absolute Gasteiger partial charge is 0.489 e. The van der Waals surface area contributed by atoms with Gasteiger partial charge in [-0.3, -0.25) is 0 Å². The molecular formula is C17H14O2. The normalized spacial score (nSPS) is 9.26. The minimum absolute atomic E-state index is 0.270. The lowest BCUT2D eigenvalue weighted by molar-refractivity contribution is -0.107. The second-order valence-corrected chi connectivity index (χ2v) is 3.97. The highest BCUT2D eigenvalue weighted by Crippen LogP contribution is 2.13. The Balaban J connectivity index is 1.92. The molecule has 0 saturated carbocycles. The highest BCUT2D eigenvalue weighted by Gasteiger charge is 1.95. The van der Waals surface area contributed by atoms with Crippen LogP contribution in [0.5, 0.6) is 5.75 Å². The Labute approximate surface area is 113 Å². The lowest BCUT2D eigenvalue weighted by Crippen LogP contribution is -1.94. The first-order valence-corrected chi connectivity index (χ1v) is 6.08. The minimum atomic E-state index is 0.270. The van der Waals surface area contributed by atoms with Gasteiger partial charge in [0.2, 0.25) is 0 Å². The maximum Gasteiger partial charge on any atom is 0.131 e. The summed E-state index contributed by atoms with van der Waals surface area (Å²) in [6.07, 6.45) is 1.07. The second kappa shape index (κ2) is 7.03. The van der Waals surface area contributed by atoms with Crippen molar-refractivity contribution in [1.29, 1.82) is 0 Å².